The molecule has 1 aliphatic rings. The third-order valence-electron chi connectivity index (χ3n) is 1.17. The van der Waals surface area contributed by atoms with Gasteiger partial charge in [0.25, 0.3) is 0 Å². The molecule has 56 valence electrons. The molecule has 0 aromatic heterocycles. The van der Waals surface area contributed by atoms with E-state index in [0.717, 1.165) is 10.1 Å². The first-order valence-corrected chi connectivity index (χ1v) is 4.58. The second kappa shape index (κ2) is 4.02. The molecule has 4 heteroatoms. The molecule has 0 spiro atoms. The molecule has 0 N–H and O–H groups in total. The highest BCUT2D eigenvalue weighted by molar-refractivity contribution is 14.1. The Labute approximate surface area is 73.0 Å². The third kappa shape index (κ3) is 2.34. The van der Waals surface area contributed by atoms with Crippen molar-refractivity contribution < 1.29 is 9.53 Å². The van der Waals surface area contributed by atoms with E-state index < -0.39 is 0 Å². The average Bonchev–Trinajstić information content (AvgIpc) is 2.13. The van der Waals surface area contributed by atoms with Crippen LogP contribution >= 0.6 is 22.6 Å². The molecule has 0 radical (unpaired) electrons. The average molecular weight is 253 g/mol. The highest BCUT2D eigenvalue weighted by atomic mass is 127. The maximum absolute atomic E-state index is 10.8. The molecule has 0 atom stereocenters. The van der Waals surface area contributed by atoms with E-state index in [0.29, 0.717) is 19.6 Å². The van der Waals surface area contributed by atoms with Crippen LogP contribution in [0.25, 0.3) is 0 Å². The van der Waals surface area contributed by atoms with Gasteiger partial charge in [0.1, 0.15) is 0 Å². The highest BCUT2D eigenvalue weighted by Crippen LogP contribution is 1.98. The molecule has 1 rings (SSSR count). The molecule has 0 fully saturated rings. The zero-order valence-electron chi connectivity index (χ0n) is 5.47. The molecule has 1 aliphatic heterocycles. The fourth-order valence-electron chi connectivity index (χ4n) is 0.682. The van der Waals surface area contributed by atoms with E-state index in [4.69, 9.17) is 4.74 Å². The Kier molecular flexibility index (Phi) is 3.27. The summed E-state index contributed by atoms with van der Waals surface area (Å²) >= 11 is 2.17. The van der Waals surface area contributed by atoms with Crippen molar-refractivity contribution in [2.24, 2.45) is 4.99 Å². The number of carbonyl (C=O) groups excluding carboxylic acids is 1. The van der Waals surface area contributed by atoms with Gasteiger partial charge in [-0.15, -0.1) is 0 Å². The van der Waals surface area contributed by atoms with Crippen LogP contribution in [-0.2, 0) is 9.53 Å². The van der Waals surface area contributed by atoms with Crippen molar-refractivity contribution >= 4 is 34.2 Å². The van der Waals surface area contributed by atoms with Gasteiger partial charge in [-0.2, -0.15) is 0 Å². The third-order valence-corrected chi connectivity index (χ3v) is 2.05. The van der Waals surface area contributed by atoms with Gasteiger partial charge in [-0.3, -0.25) is 4.79 Å². The zero-order valence-corrected chi connectivity index (χ0v) is 7.63. The number of carbonyl (C=O) groups is 1. The Morgan fingerprint density at radius 3 is 3.20 bits per heavy atom. The van der Waals surface area contributed by atoms with E-state index in [1.165, 1.54) is 0 Å². The number of alkyl halides is 1. The van der Waals surface area contributed by atoms with Gasteiger partial charge in [-0.1, -0.05) is 22.6 Å². The maximum Gasteiger partial charge on any atom is 0.248 e. The largest absolute Gasteiger partial charge is 0.375 e. The molecule has 1 amide bonds. The number of halogens is 1. The van der Waals surface area contributed by atoms with Crippen molar-refractivity contribution in [3.63, 3.8) is 0 Å². The van der Waals surface area contributed by atoms with Crippen LogP contribution in [0.15, 0.2) is 4.99 Å². The summed E-state index contributed by atoms with van der Waals surface area (Å²) in [6.45, 7) is 1.04. The van der Waals surface area contributed by atoms with Crippen molar-refractivity contribution in [2.75, 3.05) is 17.6 Å². The Morgan fingerprint density at radius 1 is 1.70 bits per heavy atom. The number of ether oxygens (including phenoxy) is 1. The van der Waals surface area contributed by atoms with Gasteiger partial charge in [0.15, 0.2) is 0 Å². The maximum atomic E-state index is 10.8. The monoisotopic (exact) mass is 253 g/mol. The Balaban J connectivity index is 2.59. The number of nitrogens with zero attached hydrogens (tertiary/aromatic N) is 1. The molecule has 0 aromatic rings. The van der Waals surface area contributed by atoms with E-state index in [-0.39, 0.29) is 5.91 Å². The van der Waals surface area contributed by atoms with Crippen LogP contribution in [0.3, 0.4) is 0 Å². The predicted molar refractivity (Wildman–Crippen MR) is 46.8 cm³/mol. The minimum Gasteiger partial charge on any atom is -0.375 e. The lowest BCUT2D eigenvalue weighted by atomic mass is 10.4. The molecule has 1 heterocycles. The molecular formula is C6H8INO2. The number of amides is 1. The van der Waals surface area contributed by atoms with Crippen LogP contribution in [-0.4, -0.2) is 29.3 Å². The Morgan fingerprint density at radius 2 is 2.50 bits per heavy atom. The Hall–Kier alpha value is 0.0300. The smallest absolute Gasteiger partial charge is 0.248 e. The summed E-state index contributed by atoms with van der Waals surface area (Å²) in [4.78, 5) is 14.6. The lowest BCUT2D eigenvalue weighted by Crippen LogP contribution is -2.08. The summed E-state index contributed by atoms with van der Waals surface area (Å²) in [5, 5.41) is 0. The van der Waals surface area contributed by atoms with Gasteiger partial charge in [0, 0.05) is 4.43 Å². The van der Waals surface area contributed by atoms with Crippen molar-refractivity contribution in [3.8, 4) is 0 Å². The molecule has 0 saturated carbocycles. The van der Waals surface area contributed by atoms with Gasteiger partial charge in [0.2, 0.25) is 5.91 Å². The molecule has 10 heavy (non-hydrogen) atoms. The first kappa shape index (κ1) is 8.13. The number of aliphatic imine (C=N–C) groups is 1. The molecular weight excluding hydrogens is 245 g/mol. The fraction of sp³-hybridized carbons (Fsp3) is 0.667. The molecule has 0 bridgehead atoms. The van der Waals surface area contributed by atoms with Crippen molar-refractivity contribution in [1.82, 2.24) is 0 Å². The topological polar surface area (TPSA) is 38.7 Å². The van der Waals surface area contributed by atoms with Crippen molar-refractivity contribution in [3.05, 3.63) is 0 Å². The minimum atomic E-state index is -0.0517. The van der Waals surface area contributed by atoms with Crippen LogP contribution in [0.1, 0.15) is 6.42 Å². The lowest BCUT2D eigenvalue weighted by molar-refractivity contribution is -0.118. The van der Waals surface area contributed by atoms with Crippen LogP contribution in [0.2, 0.25) is 0 Å². The Bertz CT molecular complexity index is 167. The van der Waals surface area contributed by atoms with Crippen molar-refractivity contribution in [1.29, 1.82) is 0 Å². The van der Waals surface area contributed by atoms with E-state index in [2.05, 4.69) is 27.6 Å². The van der Waals surface area contributed by atoms with Crippen LogP contribution in [0, 0.1) is 0 Å². The fourth-order valence-corrected chi connectivity index (χ4v) is 1.07. The standard InChI is InChI=1S/C6H8INO2/c7-3-5-4-10-2-1-6(9)8-5/h1-4H2. The van der Waals surface area contributed by atoms with E-state index in [9.17, 15) is 4.79 Å². The summed E-state index contributed by atoms with van der Waals surface area (Å²) in [5.41, 5.74) is 0.850. The first-order chi connectivity index (χ1) is 4.83. The minimum absolute atomic E-state index is 0.0517. The van der Waals surface area contributed by atoms with Crippen LogP contribution in [0.4, 0.5) is 0 Å². The highest BCUT2D eigenvalue weighted by Gasteiger charge is 2.07. The lowest BCUT2D eigenvalue weighted by Gasteiger charge is -1.96. The number of rotatable bonds is 1. The quantitative estimate of drug-likeness (QED) is 0.512. The molecule has 0 unspecified atom stereocenters. The SMILES string of the molecule is O=C1CCOCC(CI)=N1. The van der Waals surface area contributed by atoms with E-state index in [1.807, 2.05) is 0 Å². The van der Waals surface area contributed by atoms with E-state index >= 15 is 0 Å². The van der Waals surface area contributed by atoms with Gasteiger partial charge < -0.3 is 4.74 Å². The molecule has 0 saturated heterocycles. The zero-order chi connectivity index (χ0) is 7.40. The van der Waals surface area contributed by atoms with Gasteiger partial charge >= 0.3 is 0 Å². The molecule has 3 nitrogen and oxygen atoms in total. The summed E-state index contributed by atoms with van der Waals surface area (Å²) in [6.07, 6.45) is 0.431. The number of hydrogen-bond donors (Lipinski definition) is 0. The summed E-state index contributed by atoms with van der Waals surface area (Å²) in [6, 6.07) is 0. The second-order valence-electron chi connectivity index (χ2n) is 2.01. The van der Waals surface area contributed by atoms with Gasteiger partial charge in [-0.05, 0) is 0 Å². The normalized spacial score (nSPS) is 20.1. The predicted octanol–water partition coefficient (Wildman–Crippen LogP) is 0.809. The molecule has 0 aliphatic carbocycles. The van der Waals surface area contributed by atoms with Crippen LogP contribution in [0.5, 0.6) is 0 Å². The number of hydrogen-bond acceptors (Lipinski definition) is 2. The van der Waals surface area contributed by atoms with Crippen LogP contribution < -0.4 is 0 Å². The molecule has 0 aromatic carbocycles. The van der Waals surface area contributed by atoms with Crippen molar-refractivity contribution in [2.45, 2.75) is 6.42 Å². The summed E-state index contributed by atoms with van der Waals surface area (Å²) in [7, 11) is 0. The first-order valence-electron chi connectivity index (χ1n) is 3.06. The van der Waals surface area contributed by atoms with E-state index in [1.54, 1.807) is 0 Å². The van der Waals surface area contributed by atoms with Gasteiger partial charge in [-0.25, -0.2) is 4.99 Å². The summed E-state index contributed by atoms with van der Waals surface area (Å²) < 4.78 is 5.89. The van der Waals surface area contributed by atoms with Gasteiger partial charge in [0.05, 0.1) is 25.3 Å². The summed E-state index contributed by atoms with van der Waals surface area (Å²) in [5.74, 6) is -0.0517. The second-order valence-corrected chi connectivity index (χ2v) is 2.77.